The maximum Gasteiger partial charge on any atom is 0.211 e. The Labute approximate surface area is 116 Å². The summed E-state index contributed by atoms with van der Waals surface area (Å²) in [5.41, 5.74) is 1.11. The minimum atomic E-state index is -0.0682. The Balaban J connectivity index is 2.15. The Bertz CT molecular complexity index is 766. The lowest BCUT2D eigenvalue weighted by molar-refractivity contribution is 0.103. The Morgan fingerprint density at radius 3 is 2.60 bits per heavy atom. The molecular formula is C17H13NO2. The number of nitrogens with zero attached hydrogens (tertiary/aromatic N) is 1. The predicted molar refractivity (Wildman–Crippen MR) is 78.2 cm³/mol. The van der Waals surface area contributed by atoms with Crippen molar-refractivity contribution in [3.63, 3.8) is 0 Å². The molecule has 0 saturated heterocycles. The number of hydrogen-bond acceptors (Lipinski definition) is 3. The average Bonchev–Trinajstić information content (AvgIpc) is 2.54. The zero-order valence-electron chi connectivity index (χ0n) is 11.0. The van der Waals surface area contributed by atoms with Gasteiger partial charge in [-0.3, -0.25) is 9.78 Å². The largest absolute Gasteiger partial charge is 0.497 e. The fourth-order valence-corrected chi connectivity index (χ4v) is 2.19. The first kappa shape index (κ1) is 12.4. The van der Waals surface area contributed by atoms with Crippen molar-refractivity contribution in [2.45, 2.75) is 0 Å². The standard InChI is InChI=1S/C17H13NO2/c1-20-14-7-8-15-13(11-14)9-10-18-16(15)17(19)12-5-3-2-4-6-12/h2-11H,1H3. The number of rotatable bonds is 3. The normalized spacial score (nSPS) is 10.4. The molecule has 0 aliphatic rings. The van der Waals surface area contributed by atoms with Crippen LogP contribution in [0.4, 0.5) is 0 Å². The molecule has 98 valence electrons. The number of benzene rings is 2. The van der Waals surface area contributed by atoms with Crippen molar-refractivity contribution >= 4 is 16.6 Å². The second-order valence-electron chi connectivity index (χ2n) is 4.44. The highest BCUT2D eigenvalue weighted by atomic mass is 16.5. The van der Waals surface area contributed by atoms with Crippen molar-refractivity contribution < 1.29 is 9.53 Å². The van der Waals surface area contributed by atoms with E-state index in [4.69, 9.17) is 4.74 Å². The lowest BCUT2D eigenvalue weighted by Crippen LogP contribution is -2.04. The summed E-state index contributed by atoms with van der Waals surface area (Å²) in [6.07, 6.45) is 1.65. The lowest BCUT2D eigenvalue weighted by Gasteiger charge is -2.06. The van der Waals surface area contributed by atoms with Gasteiger partial charge in [-0.1, -0.05) is 30.3 Å². The molecule has 0 aliphatic heterocycles. The summed E-state index contributed by atoms with van der Waals surface area (Å²) in [6.45, 7) is 0. The first-order valence-electron chi connectivity index (χ1n) is 6.32. The summed E-state index contributed by atoms with van der Waals surface area (Å²) in [4.78, 5) is 16.8. The second kappa shape index (κ2) is 5.13. The molecule has 20 heavy (non-hydrogen) atoms. The van der Waals surface area contributed by atoms with Crippen LogP contribution in [-0.2, 0) is 0 Å². The first-order valence-corrected chi connectivity index (χ1v) is 6.32. The Morgan fingerprint density at radius 1 is 1.05 bits per heavy atom. The van der Waals surface area contributed by atoms with Crippen molar-refractivity contribution in [1.29, 1.82) is 0 Å². The molecule has 0 spiro atoms. The van der Waals surface area contributed by atoms with Gasteiger partial charge in [0.1, 0.15) is 11.4 Å². The molecule has 0 radical (unpaired) electrons. The highest BCUT2D eigenvalue weighted by Crippen LogP contribution is 2.24. The molecule has 0 amide bonds. The van der Waals surface area contributed by atoms with E-state index in [2.05, 4.69) is 4.98 Å². The van der Waals surface area contributed by atoms with E-state index < -0.39 is 0 Å². The van der Waals surface area contributed by atoms with E-state index in [1.807, 2.05) is 42.5 Å². The fourth-order valence-electron chi connectivity index (χ4n) is 2.19. The van der Waals surface area contributed by atoms with Gasteiger partial charge in [-0.2, -0.15) is 0 Å². The maximum absolute atomic E-state index is 12.5. The number of pyridine rings is 1. The van der Waals surface area contributed by atoms with Crippen molar-refractivity contribution in [2.24, 2.45) is 0 Å². The Hall–Kier alpha value is -2.68. The summed E-state index contributed by atoms with van der Waals surface area (Å²) in [5.74, 6) is 0.697. The Morgan fingerprint density at radius 2 is 1.85 bits per heavy atom. The summed E-state index contributed by atoms with van der Waals surface area (Å²) in [5, 5.41) is 1.78. The molecule has 0 saturated carbocycles. The van der Waals surface area contributed by atoms with Crippen LogP contribution in [0.5, 0.6) is 5.75 Å². The van der Waals surface area contributed by atoms with Crippen LogP contribution in [0.1, 0.15) is 16.1 Å². The van der Waals surface area contributed by atoms with Crippen molar-refractivity contribution in [3.8, 4) is 5.75 Å². The maximum atomic E-state index is 12.5. The summed E-state index contributed by atoms with van der Waals surface area (Å²) >= 11 is 0. The molecule has 3 nitrogen and oxygen atoms in total. The number of ether oxygens (including phenoxy) is 1. The number of carbonyl (C=O) groups is 1. The number of hydrogen-bond donors (Lipinski definition) is 0. The zero-order valence-corrected chi connectivity index (χ0v) is 11.0. The molecule has 0 unspecified atom stereocenters. The van der Waals surface area contributed by atoms with Crippen LogP contribution < -0.4 is 4.74 Å². The predicted octanol–water partition coefficient (Wildman–Crippen LogP) is 3.47. The van der Waals surface area contributed by atoms with Gasteiger partial charge in [0.05, 0.1) is 7.11 Å². The summed E-state index contributed by atoms with van der Waals surface area (Å²) < 4.78 is 5.20. The molecule has 1 heterocycles. The van der Waals surface area contributed by atoms with Crippen LogP contribution in [0.3, 0.4) is 0 Å². The van der Waals surface area contributed by atoms with E-state index >= 15 is 0 Å². The smallest absolute Gasteiger partial charge is 0.211 e. The minimum Gasteiger partial charge on any atom is -0.497 e. The topological polar surface area (TPSA) is 39.2 Å². The Kier molecular flexibility index (Phi) is 3.17. The van der Waals surface area contributed by atoms with E-state index in [0.717, 1.165) is 16.5 Å². The number of ketones is 1. The van der Waals surface area contributed by atoms with E-state index in [9.17, 15) is 4.79 Å². The molecular weight excluding hydrogens is 250 g/mol. The number of methoxy groups -OCH3 is 1. The molecule has 0 fully saturated rings. The number of fused-ring (bicyclic) bond motifs is 1. The fraction of sp³-hybridized carbons (Fsp3) is 0.0588. The highest BCUT2D eigenvalue weighted by molar-refractivity contribution is 6.15. The van der Waals surface area contributed by atoms with E-state index in [0.29, 0.717) is 11.3 Å². The van der Waals surface area contributed by atoms with Crippen LogP contribution in [0, 0.1) is 0 Å². The zero-order chi connectivity index (χ0) is 13.9. The van der Waals surface area contributed by atoms with Gasteiger partial charge in [0.2, 0.25) is 5.78 Å². The lowest BCUT2D eigenvalue weighted by atomic mass is 10.0. The van der Waals surface area contributed by atoms with E-state index in [-0.39, 0.29) is 5.78 Å². The molecule has 3 aromatic rings. The molecule has 1 aromatic heterocycles. The molecule has 0 N–H and O–H groups in total. The summed E-state index contributed by atoms with van der Waals surface area (Å²) in [6, 6.07) is 16.7. The monoisotopic (exact) mass is 263 g/mol. The molecule has 3 heteroatoms. The molecule has 0 atom stereocenters. The quantitative estimate of drug-likeness (QED) is 0.679. The van der Waals surface area contributed by atoms with E-state index in [1.165, 1.54) is 0 Å². The van der Waals surface area contributed by atoms with Gasteiger partial charge in [0.25, 0.3) is 0 Å². The number of aromatic nitrogens is 1. The van der Waals surface area contributed by atoms with Gasteiger partial charge < -0.3 is 4.74 Å². The summed E-state index contributed by atoms with van der Waals surface area (Å²) in [7, 11) is 1.62. The molecule has 2 aromatic carbocycles. The van der Waals surface area contributed by atoms with Crippen LogP contribution in [0.15, 0.2) is 60.8 Å². The van der Waals surface area contributed by atoms with Crippen LogP contribution in [0.25, 0.3) is 10.8 Å². The van der Waals surface area contributed by atoms with Gasteiger partial charge in [-0.05, 0) is 29.7 Å². The minimum absolute atomic E-state index is 0.0682. The van der Waals surface area contributed by atoms with Crippen molar-refractivity contribution in [1.82, 2.24) is 4.98 Å². The highest BCUT2D eigenvalue weighted by Gasteiger charge is 2.13. The van der Waals surface area contributed by atoms with Gasteiger partial charge in [-0.25, -0.2) is 0 Å². The number of carbonyl (C=O) groups excluding carboxylic acids is 1. The molecule has 0 bridgehead atoms. The van der Waals surface area contributed by atoms with Gasteiger partial charge >= 0.3 is 0 Å². The van der Waals surface area contributed by atoms with Crippen LogP contribution >= 0.6 is 0 Å². The average molecular weight is 263 g/mol. The third-order valence-corrected chi connectivity index (χ3v) is 3.22. The van der Waals surface area contributed by atoms with Crippen LogP contribution in [-0.4, -0.2) is 17.9 Å². The van der Waals surface area contributed by atoms with Gasteiger partial charge in [0, 0.05) is 17.1 Å². The van der Waals surface area contributed by atoms with E-state index in [1.54, 1.807) is 25.4 Å². The second-order valence-corrected chi connectivity index (χ2v) is 4.44. The molecule has 3 rings (SSSR count). The first-order chi connectivity index (χ1) is 9.79. The SMILES string of the molecule is COc1ccc2c(C(=O)c3ccccc3)nccc2c1. The van der Waals surface area contributed by atoms with Crippen molar-refractivity contribution in [2.75, 3.05) is 7.11 Å². The van der Waals surface area contributed by atoms with Gasteiger partial charge in [0.15, 0.2) is 0 Å². The van der Waals surface area contributed by atoms with Gasteiger partial charge in [-0.15, -0.1) is 0 Å². The third-order valence-electron chi connectivity index (χ3n) is 3.22. The van der Waals surface area contributed by atoms with Crippen LogP contribution in [0.2, 0.25) is 0 Å². The molecule has 0 aliphatic carbocycles. The third kappa shape index (κ3) is 2.14. The van der Waals surface area contributed by atoms with Crippen molar-refractivity contribution in [3.05, 3.63) is 72.1 Å².